The molecule has 2 aliphatic rings. The fraction of sp³-hybridized carbons (Fsp3) is 0.250. The molecule has 2 nitrogen and oxygen atoms in total. The third-order valence-corrected chi connectivity index (χ3v) is 30.4. The summed E-state index contributed by atoms with van der Waals surface area (Å²) >= 11 is -2.61. The smallest absolute Gasteiger partial charge is 1.00 e. The van der Waals surface area contributed by atoms with E-state index >= 15 is 0 Å². The van der Waals surface area contributed by atoms with Crippen molar-refractivity contribution >= 4 is 28.7 Å². The molecular weight excluding hydrogens is 799 g/mol. The van der Waals surface area contributed by atoms with E-state index in [1.165, 1.54) is 66.8 Å². The average molecular weight is 847 g/mol. The Kier molecular flexibility index (Phi) is 12.2. The Morgan fingerprint density at radius 3 is 1.22 bits per heavy atom. The number of hydrogen-bond acceptors (Lipinski definition) is 2. The Labute approximate surface area is 341 Å². The molecule has 0 saturated carbocycles. The van der Waals surface area contributed by atoms with Crippen molar-refractivity contribution in [3.8, 4) is 22.3 Å². The quantitative estimate of drug-likeness (QED) is 0.146. The Morgan fingerprint density at radius 1 is 0.519 bits per heavy atom. The van der Waals surface area contributed by atoms with E-state index in [1.807, 2.05) is 0 Å². The first-order chi connectivity index (χ1) is 25.1. The molecule has 274 valence electrons. The van der Waals surface area contributed by atoms with Gasteiger partial charge in [-0.1, -0.05) is 0 Å². The predicted molar refractivity (Wildman–Crippen MR) is 218 cm³/mol. The van der Waals surface area contributed by atoms with Gasteiger partial charge in [0.05, 0.1) is 0 Å². The second-order valence-corrected chi connectivity index (χ2v) is 33.4. The van der Waals surface area contributed by atoms with Gasteiger partial charge < -0.3 is 24.8 Å². The summed E-state index contributed by atoms with van der Waals surface area (Å²) in [5.41, 5.74) is 15.7. The maximum Gasteiger partial charge on any atom is -1.00 e. The van der Waals surface area contributed by atoms with Crippen LogP contribution in [0.15, 0.2) is 118 Å². The van der Waals surface area contributed by atoms with E-state index in [4.69, 9.17) is 8.83 Å². The molecule has 6 aromatic rings. The van der Waals surface area contributed by atoms with Crippen LogP contribution in [-0.4, -0.2) is 5.43 Å². The van der Waals surface area contributed by atoms with Gasteiger partial charge in [-0.2, -0.15) is 0 Å². The molecule has 0 N–H and O–H groups in total. The minimum atomic E-state index is -2.61. The molecule has 0 saturated heterocycles. The van der Waals surface area contributed by atoms with Crippen molar-refractivity contribution in [2.45, 2.75) is 73.7 Å². The molecule has 0 bridgehead atoms. The molecule has 6 heteroatoms. The zero-order chi connectivity index (χ0) is 36.3. The molecule has 0 amide bonds. The van der Waals surface area contributed by atoms with Crippen LogP contribution in [-0.2, 0) is 20.4 Å². The van der Waals surface area contributed by atoms with Crippen LogP contribution in [0.4, 0.5) is 0 Å². The topological polar surface area (TPSA) is 26.3 Å². The van der Waals surface area contributed by atoms with E-state index < -0.39 is 25.8 Å². The molecule has 0 spiro atoms. The second-order valence-electron chi connectivity index (χ2n) is 15.5. The molecule has 8 rings (SSSR count). The minimum Gasteiger partial charge on any atom is -1.00 e. The summed E-state index contributed by atoms with van der Waals surface area (Å²) in [6.07, 6.45) is 5.00. The normalized spacial score (nSPS) is 15.5. The van der Waals surface area contributed by atoms with Crippen LogP contribution < -0.4 is 24.8 Å². The summed E-state index contributed by atoms with van der Waals surface area (Å²) in [6.45, 7) is 18.4. The Bertz CT molecular complexity index is 2240. The fourth-order valence-corrected chi connectivity index (χ4v) is 28.2. The van der Waals surface area contributed by atoms with Gasteiger partial charge in [-0.3, -0.25) is 0 Å². The fourth-order valence-electron chi connectivity index (χ4n) is 8.42. The molecule has 2 heterocycles. The first-order valence-electron chi connectivity index (χ1n) is 18.8. The minimum absolute atomic E-state index is 0. The number of halogens is 2. The van der Waals surface area contributed by atoms with Crippen LogP contribution in [0.1, 0.15) is 103 Å². The van der Waals surface area contributed by atoms with Crippen molar-refractivity contribution < 1.29 is 54.0 Å². The summed E-state index contributed by atoms with van der Waals surface area (Å²) in [7, 11) is 0. The third-order valence-electron chi connectivity index (χ3n) is 11.1. The van der Waals surface area contributed by atoms with Crippen molar-refractivity contribution in [1.29, 1.82) is 0 Å². The van der Waals surface area contributed by atoms with Crippen LogP contribution in [0.25, 0.3) is 45.6 Å². The second kappa shape index (κ2) is 16.4. The summed E-state index contributed by atoms with van der Waals surface area (Å²) < 4.78 is 13.8. The van der Waals surface area contributed by atoms with Crippen molar-refractivity contribution in [1.82, 2.24) is 0 Å². The zero-order valence-electron chi connectivity index (χ0n) is 32.4. The zero-order valence-corrected chi connectivity index (χ0v) is 37.4. The molecule has 2 unspecified atom stereocenters. The van der Waals surface area contributed by atoms with Crippen molar-refractivity contribution in [2.75, 3.05) is 0 Å². The molecule has 2 aliphatic carbocycles. The summed E-state index contributed by atoms with van der Waals surface area (Å²) in [6, 6.07) is 41.3. The van der Waals surface area contributed by atoms with E-state index in [0.717, 1.165) is 23.0 Å². The third kappa shape index (κ3) is 7.33. The Hall–Kier alpha value is -3.40. The van der Waals surface area contributed by atoms with E-state index in [9.17, 15) is 0 Å². The number of furan rings is 2. The number of hydrogen-bond donors (Lipinski definition) is 0. The molecular formula is C48H48Cl2O2SiZr. The molecule has 54 heavy (non-hydrogen) atoms. The van der Waals surface area contributed by atoms with Crippen molar-refractivity contribution in [2.24, 2.45) is 0 Å². The number of allylic oxidation sites excluding steroid dienone is 2. The maximum absolute atomic E-state index is 6.54. The van der Waals surface area contributed by atoms with Gasteiger partial charge in [-0.05, 0) is 0 Å². The van der Waals surface area contributed by atoms with Crippen LogP contribution in [0.5, 0.6) is 0 Å². The average Bonchev–Trinajstić information content (AvgIpc) is 3.94. The SMILES string of the molecule is Cc1ccc(C2=Cc3c(-c4ccc(C(C)C)cc4)cccc3[CH]2[Zr+2]([CH]2C(c3ccc(C)o3)=Cc3c(-c4ccc(C(C)C)cc4)cccc32)=[Si](C)C)o1.[Cl-].[Cl-]. The van der Waals surface area contributed by atoms with Gasteiger partial charge >= 0.3 is 320 Å². The van der Waals surface area contributed by atoms with E-state index in [0.29, 0.717) is 19.1 Å². The summed E-state index contributed by atoms with van der Waals surface area (Å²) in [5, 5.41) is 0. The Morgan fingerprint density at radius 2 is 0.907 bits per heavy atom. The van der Waals surface area contributed by atoms with Crippen LogP contribution in [0.3, 0.4) is 0 Å². The maximum atomic E-state index is 6.54. The monoisotopic (exact) mass is 844 g/mol. The van der Waals surface area contributed by atoms with Gasteiger partial charge in [-0.15, -0.1) is 0 Å². The number of aryl methyl sites for hydroxylation is 2. The van der Waals surface area contributed by atoms with Crippen LogP contribution in [0.2, 0.25) is 13.1 Å². The van der Waals surface area contributed by atoms with Gasteiger partial charge in [-0.25, -0.2) is 0 Å². The van der Waals surface area contributed by atoms with Crippen LogP contribution in [0, 0.1) is 13.8 Å². The first kappa shape index (κ1) is 40.3. The van der Waals surface area contributed by atoms with Crippen molar-refractivity contribution in [3.05, 3.63) is 166 Å². The molecule has 0 aliphatic heterocycles. The predicted octanol–water partition coefficient (Wildman–Crippen LogP) is 7.84. The number of fused-ring (bicyclic) bond motifs is 2. The largest absolute Gasteiger partial charge is 1.00 e. The standard InChI is InChI=1S/2C23H21O.C2H6Si.2ClH.Zr/c2*1-15(2)17-8-10-18(11-9-17)21-6-4-5-19-13-20(14-22(19)21)23-12-7-16(3)24-23;1-3-2;;;/h2*4-15H,1-3H3;1-2H3;2*1H;/q;;;;;+2/p-2. The summed E-state index contributed by atoms with van der Waals surface area (Å²) in [5.74, 6) is 4.99. The summed E-state index contributed by atoms with van der Waals surface area (Å²) in [4.78, 5) is 0. The van der Waals surface area contributed by atoms with E-state index in [-0.39, 0.29) is 24.8 Å². The number of rotatable bonds is 8. The van der Waals surface area contributed by atoms with Crippen LogP contribution >= 0.6 is 0 Å². The Balaban J connectivity index is 0.00000249. The number of benzene rings is 4. The molecule has 0 fully saturated rings. The van der Waals surface area contributed by atoms with E-state index in [1.54, 1.807) is 0 Å². The molecule has 2 atom stereocenters. The van der Waals surface area contributed by atoms with Gasteiger partial charge in [0.1, 0.15) is 0 Å². The molecule has 2 aromatic heterocycles. The van der Waals surface area contributed by atoms with E-state index in [2.05, 4.69) is 176 Å². The molecule has 0 radical (unpaired) electrons. The first-order valence-corrected chi connectivity index (χ1v) is 27.8. The van der Waals surface area contributed by atoms with Gasteiger partial charge in [0.15, 0.2) is 0 Å². The van der Waals surface area contributed by atoms with Crippen molar-refractivity contribution in [3.63, 3.8) is 0 Å². The van der Waals surface area contributed by atoms with Gasteiger partial charge in [0.25, 0.3) is 0 Å². The molecule has 4 aromatic carbocycles. The van der Waals surface area contributed by atoms with Gasteiger partial charge in [0.2, 0.25) is 0 Å². The van der Waals surface area contributed by atoms with Gasteiger partial charge in [0, 0.05) is 0 Å².